The number of rotatable bonds is 4. The van der Waals surface area contributed by atoms with Gasteiger partial charge in [0.15, 0.2) is 11.5 Å². The molecule has 1 aromatic heterocycles. The molecule has 0 fully saturated rings. The largest absolute Gasteiger partial charge is 0.490 e. The van der Waals surface area contributed by atoms with E-state index >= 15 is 0 Å². The Kier molecular flexibility index (Phi) is 4.36. The Morgan fingerprint density at radius 2 is 2.00 bits per heavy atom. The van der Waals surface area contributed by atoms with Crippen molar-refractivity contribution < 1.29 is 14.3 Å². The number of ether oxygens (including phenoxy) is 2. The van der Waals surface area contributed by atoms with Crippen LogP contribution in [0.2, 0.25) is 5.15 Å². The number of halogens is 1. The summed E-state index contributed by atoms with van der Waals surface area (Å²) in [5.74, 6) is 0.400. The number of esters is 1. The van der Waals surface area contributed by atoms with E-state index in [9.17, 15) is 4.79 Å². The summed E-state index contributed by atoms with van der Waals surface area (Å²) in [6.45, 7) is 2.36. The first kappa shape index (κ1) is 13.4. The molecule has 1 heterocycles. The van der Waals surface area contributed by atoms with E-state index in [1.54, 1.807) is 18.2 Å². The third-order valence-corrected chi connectivity index (χ3v) is 2.52. The molecule has 5 heteroatoms. The molecule has 0 saturated heterocycles. The van der Waals surface area contributed by atoms with Gasteiger partial charge in [0.25, 0.3) is 0 Å². The SMILES string of the molecule is CCOc1ccccc1OC(=O)c1ccnc(Cl)c1. The molecule has 19 heavy (non-hydrogen) atoms. The van der Waals surface area contributed by atoms with Crippen molar-refractivity contribution in [3.63, 3.8) is 0 Å². The number of benzene rings is 1. The van der Waals surface area contributed by atoms with Crippen LogP contribution in [0.4, 0.5) is 0 Å². The van der Waals surface area contributed by atoms with E-state index in [-0.39, 0.29) is 5.15 Å². The predicted molar refractivity (Wildman–Crippen MR) is 71.8 cm³/mol. The smallest absolute Gasteiger partial charge is 0.343 e. The average molecular weight is 278 g/mol. The van der Waals surface area contributed by atoms with E-state index < -0.39 is 5.97 Å². The molecule has 0 unspecified atom stereocenters. The number of hydrogen-bond acceptors (Lipinski definition) is 4. The fraction of sp³-hybridized carbons (Fsp3) is 0.143. The van der Waals surface area contributed by atoms with Gasteiger partial charge in [-0.2, -0.15) is 0 Å². The van der Waals surface area contributed by atoms with Gasteiger partial charge in [-0.3, -0.25) is 0 Å². The van der Waals surface area contributed by atoms with E-state index in [1.807, 2.05) is 13.0 Å². The second kappa shape index (κ2) is 6.20. The van der Waals surface area contributed by atoms with Crippen molar-refractivity contribution in [1.82, 2.24) is 4.98 Å². The molecule has 1 aromatic carbocycles. The molecule has 0 N–H and O–H groups in total. The summed E-state index contributed by atoms with van der Waals surface area (Å²) in [5.41, 5.74) is 0.339. The molecular formula is C14H12ClNO3. The van der Waals surface area contributed by atoms with Crippen molar-refractivity contribution in [2.45, 2.75) is 6.92 Å². The Morgan fingerprint density at radius 1 is 1.26 bits per heavy atom. The minimum Gasteiger partial charge on any atom is -0.490 e. The van der Waals surface area contributed by atoms with Crippen molar-refractivity contribution in [1.29, 1.82) is 0 Å². The monoisotopic (exact) mass is 277 g/mol. The van der Waals surface area contributed by atoms with Crippen molar-refractivity contribution in [3.8, 4) is 11.5 Å². The van der Waals surface area contributed by atoms with Gasteiger partial charge in [-0.1, -0.05) is 23.7 Å². The van der Waals surface area contributed by atoms with Crippen LogP contribution in [-0.4, -0.2) is 17.6 Å². The highest BCUT2D eigenvalue weighted by Gasteiger charge is 2.12. The van der Waals surface area contributed by atoms with Crippen LogP contribution in [0.25, 0.3) is 0 Å². The number of carbonyl (C=O) groups is 1. The van der Waals surface area contributed by atoms with E-state index in [2.05, 4.69) is 4.98 Å². The highest BCUT2D eigenvalue weighted by atomic mass is 35.5. The lowest BCUT2D eigenvalue weighted by Gasteiger charge is -2.10. The predicted octanol–water partition coefficient (Wildman–Crippen LogP) is 3.35. The van der Waals surface area contributed by atoms with Crippen molar-refractivity contribution in [2.75, 3.05) is 6.61 Å². The highest BCUT2D eigenvalue weighted by molar-refractivity contribution is 6.29. The topological polar surface area (TPSA) is 48.4 Å². The molecule has 2 rings (SSSR count). The quantitative estimate of drug-likeness (QED) is 0.488. The molecule has 4 nitrogen and oxygen atoms in total. The van der Waals surface area contributed by atoms with Crippen LogP contribution in [-0.2, 0) is 0 Å². The molecule has 0 saturated carbocycles. The molecule has 0 spiro atoms. The third-order valence-electron chi connectivity index (χ3n) is 2.31. The van der Waals surface area contributed by atoms with E-state index in [4.69, 9.17) is 21.1 Å². The summed E-state index contributed by atoms with van der Waals surface area (Å²) in [6, 6.07) is 9.98. The third kappa shape index (κ3) is 3.45. The zero-order chi connectivity index (χ0) is 13.7. The van der Waals surface area contributed by atoms with Crippen molar-refractivity contribution in [3.05, 3.63) is 53.3 Å². The lowest BCUT2D eigenvalue weighted by molar-refractivity contribution is 0.0728. The Labute approximate surface area is 115 Å². The standard InChI is InChI=1S/C14H12ClNO3/c1-2-18-11-5-3-4-6-12(11)19-14(17)10-7-8-16-13(15)9-10/h3-9H,2H2,1H3. The summed E-state index contributed by atoms with van der Waals surface area (Å²) in [5, 5.41) is 0.243. The summed E-state index contributed by atoms with van der Waals surface area (Å²) in [4.78, 5) is 15.8. The molecule has 0 aliphatic rings. The highest BCUT2D eigenvalue weighted by Crippen LogP contribution is 2.27. The van der Waals surface area contributed by atoms with Gasteiger partial charge < -0.3 is 9.47 Å². The van der Waals surface area contributed by atoms with Crippen LogP contribution in [0.15, 0.2) is 42.6 Å². The van der Waals surface area contributed by atoms with Gasteiger partial charge in [-0.15, -0.1) is 0 Å². The second-order valence-electron chi connectivity index (χ2n) is 3.64. The van der Waals surface area contributed by atoms with E-state index in [0.29, 0.717) is 23.7 Å². The average Bonchev–Trinajstić information content (AvgIpc) is 2.41. The van der Waals surface area contributed by atoms with E-state index in [1.165, 1.54) is 18.3 Å². The number of carbonyl (C=O) groups excluding carboxylic acids is 1. The van der Waals surface area contributed by atoms with Gasteiger partial charge in [-0.25, -0.2) is 9.78 Å². The maximum atomic E-state index is 12.0. The first-order valence-electron chi connectivity index (χ1n) is 5.76. The normalized spacial score (nSPS) is 10.0. The maximum absolute atomic E-state index is 12.0. The molecular weight excluding hydrogens is 266 g/mol. The van der Waals surface area contributed by atoms with Gasteiger partial charge >= 0.3 is 5.97 Å². The van der Waals surface area contributed by atoms with Gasteiger partial charge in [0.05, 0.1) is 12.2 Å². The Morgan fingerprint density at radius 3 is 2.68 bits per heavy atom. The van der Waals surface area contributed by atoms with Crippen LogP contribution in [0.1, 0.15) is 17.3 Å². The first-order chi connectivity index (χ1) is 9.20. The van der Waals surface area contributed by atoms with Crippen LogP contribution >= 0.6 is 11.6 Å². The molecule has 0 radical (unpaired) electrons. The lowest BCUT2D eigenvalue weighted by Crippen LogP contribution is -2.09. The minimum absolute atomic E-state index is 0.243. The molecule has 0 atom stereocenters. The Balaban J connectivity index is 2.19. The number of aromatic nitrogens is 1. The summed E-state index contributed by atoms with van der Waals surface area (Å²) in [6.07, 6.45) is 1.45. The van der Waals surface area contributed by atoms with Crippen LogP contribution in [0.5, 0.6) is 11.5 Å². The minimum atomic E-state index is -0.503. The van der Waals surface area contributed by atoms with Crippen LogP contribution in [0.3, 0.4) is 0 Å². The van der Waals surface area contributed by atoms with Gasteiger partial charge in [0.1, 0.15) is 5.15 Å². The van der Waals surface area contributed by atoms with Gasteiger partial charge in [0.2, 0.25) is 0 Å². The summed E-state index contributed by atoms with van der Waals surface area (Å²) < 4.78 is 10.7. The Bertz CT molecular complexity index is 586. The number of para-hydroxylation sites is 2. The molecule has 0 bridgehead atoms. The molecule has 0 aliphatic heterocycles. The van der Waals surface area contributed by atoms with Crippen LogP contribution in [0, 0.1) is 0 Å². The zero-order valence-electron chi connectivity index (χ0n) is 10.3. The van der Waals surface area contributed by atoms with Crippen molar-refractivity contribution in [2.24, 2.45) is 0 Å². The molecule has 2 aromatic rings. The van der Waals surface area contributed by atoms with Gasteiger partial charge in [0, 0.05) is 6.20 Å². The number of nitrogens with zero attached hydrogens (tertiary/aromatic N) is 1. The molecule has 98 valence electrons. The fourth-order valence-corrected chi connectivity index (χ4v) is 1.67. The summed E-state index contributed by atoms with van der Waals surface area (Å²) >= 11 is 5.73. The maximum Gasteiger partial charge on any atom is 0.343 e. The second-order valence-corrected chi connectivity index (χ2v) is 4.02. The van der Waals surface area contributed by atoms with E-state index in [0.717, 1.165) is 0 Å². The zero-order valence-corrected chi connectivity index (χ0v) is 11.1. The fourth-order valence-electron chi connectivity index (χ4n) is 1.50. The van der Waals surface area contributed by atoms with Crippen LogP contribution < -0.4 is 9.47 Å². The molecule has 0 aliphatic carbocycles. The van der Waals surface area contributed by atoms with Gasteiger partial charge in [-0.05, 0) is 31.2 Å². The lowest BCUT2D eigenvalue weighted by atomic mass is 10.2. The Hall–Kier alpha value is -2.07. The first-order valence-corrected chi connectivity index (χ1v) is 6.14. The number of hydrogen-bond donors (Lipinski definition) is 0. The van der Waals surface area contributed by atoms with Crippen molar-refractivity contribution >= 4 is 17.6 Å². The number of pyridine rings is 1. The summed E-state index contributed by atoms with van der Waals surface area (Å²) in [7, 11) is 0. The molecule has 0 amide bonds.